The fourth-order valence-electron chi connectivity index (χ4n) is 8.57. The van der Waals surface area contributed by atoms with E-state index < -0.39 is 63.3 Å². The van der Waals surface area contributed by atoms with Crippen LogP contribution >= 0.6 is 8.53 Å². The Hall–Kier alpha value is -5.05. The van der Waals surface area contributed by atoms with Crippen molar-refractivity contribution < 1.29 is 41.9 Å². The number of nitriles is 2. The quantitative estimate of drug-likeness (QED) is 0.0983. The van der Waals surface area contributed by atoms with Crippen LogP contribution in [0.3, 0.4) is 0 Å². The maximum Gasteiger partial charge on any atom is 0.260 e. The van der Waals surface area contributed by atoms with Crippen LogP contribution < -0.4 is 9.47 Å². The zero-order valence-electron chi connectivity index (χ0n) is 35.6. The number of rotatable bonds is 13. The van der Waals surface area contributed by atoms with Gasteiger partial charge < -0.3 is 33.1 Å². The summed E-state index contributed by atoms with van der Waals surface area (Å²) in [6.07, 6.45) is -1.59. The summed E-state index contributed by atoms with van der Waals surface area (Å²) in [5, 5.41) is 27.4. The van der Waals surface area contributed by atoms with E-state index in [-0.39, 0.29) is 43.9 Å². The van der Waals surface area contributed by atoms with Gasteiger partial charge in [0.05, 0.1) is 55.9 Å². The molecule has 0 bridgehead atoms. The third-order valence-corrected chi connectivity index (χ3v) is 13.6. The standard InChI is InChI=1S/C27H32FN6O4P.C15H18FN5O3/c1-4-19-23(37-39-34-14-8-12-20(34)27(3,38-39)18-10-6-5-7-11-18)21(28)26(36-19)33-16-30-22-24(33)31-17(2)32-25(22)35-15-9-13-29;1-3-9-12(22)10(16)15(24-9)21-7-18-11-13(21)19-8(2)20-14(11)23-6-4-5-17/h5-7,10-11,16,19-21,23,26H,4,8-9,12,14-15H2,1-3H3;7,9-10,12,15,22H,3-4,6H2,1-2H3/t19-,20+,21+,23?,26-,27-,39+;9-,10+,12?,15-/m11/s1. The molecule has 21 heteroatoms. The molecule has 11 atom stereocenters. The van der Waals surface area contributed by atoms with Crippen molar-refractivity contribution in [3.8, 4) is 23.9 Å². The summed E-state index contributed by atoms with van der Waals surface area (Å²) in [5.74, 6) is 1.39. The lowest BCUT2D eigenvalue weighted by Crippen LogP contribution is -2.36. The molecule has 18 nitrogen and oxygen atoms in total. The zero-order chi connectivity index (χ0) is 44.4. The number of aliphatic hydroxyl groups excluding tert-OH is 1. The molecule has 0 amide bonds. The molecule has 4 aliphatic heterocycles. The highest BCUT2D eigenvalue weighted by molar-refractivity contribution is 7.45. The number of aryl methyl sites for hydroxylation is 2. The number of aliphatic hydroxyl groups is 1. The van der Waals surface area contributed by atoms with Crippen LogP contribution in [-0.2, 0) is 24.1 Å². The summed E-state index contributed by atoms with van der Waals surface area (Å²) in [6.45, 7) is 10.5. The first-order chi connectivity index (χ1) is 30.5. The van der Waals surface area contributed by atoms with Crippen molar-refractivity contribution in [2.45, 2.75) is 134 Å². The largest absolute Gasteiger partial charge is 0.475 e. The molecule has 4 saturated heterocycles. The van der Waals surface area contributed by atoms with Gasteiger partial charge in [0.15, 0.2) is 47.1 Å². The van der Waals surface area contributed by atoms with E-state index >= 15 is 4.39 Å². The summed E-state index contributed by atoms with van der Waals surface area (Å²) in [4.78, 5) is 25.9. The Morgan fingerprint density at radius 2 is 1.40 bits per heavy atom. The summed E-state index contributed by atoms with van der Waals surface area (Å²) in [5.41, 5.74) is 2.13. The molecule has 0 radical (unpaired) electrons. The van der Waals surface area contributed by atoms with Gasteiger partial charge in [-0.3, -0.25) is 9.13 Å². The van der Waals surface area contributed by atoms with Gasteiger partial charge in [-0.25, -0.2) is 33.4 Å². The van der Waals surface area contributed by atoms with Crippen LogP contribution in [0.5, 0.6) is 11.8 Å². The Balaban J connectivity index is 0.000000194. The Bertz CT molecular complexity index is 2470. The van der Waals surface area contributed by atoms with E-state index in [1.807, 2.05) is 44.2 Å². The predicted octanol–water partition coefficient (Wildman–Crippen LogP) is 6.53. The van der Waals surface area contributed by atoms with Crippen molar-refractivity contribution in [1.29, 1.82) is 10.5 Å². The molecule has 0 saturated carbocycles. The third-order valence-electron chi connectivity index (χ3n) is 11.7. The van der Waals surface area contributed by atoms with Crippen molar-refractivity contribution in [2.24, 2.45) is 0 Å². The molecule has 334 valence electrons. The van der Waals surface area contributed by atoms with Crippen LogP contribution in [0.25, 0.3) is 22.3 Å². The molecule has 9 rings (SSSR count). The lowest BCUT2D eigenvalue weighted by atomic mass is 9.87. The Morgan fingerprint density at radius 1 is 0.841 bits per heavy atom. The average molecular weight is 890 g/mol. The van der Waals surface area contributed by atoms with Crippen molar-refractivity contribution in [2.75, 3.05) is 19.8 Å². The second-order valence-corrected chi connectivity index (χ2v) is 17.2. The number of aromatic nitrogens is 8. The number of ether oxygens (including phenoxy) is 4. The minimum atomic E-state index is -1.58. The van der Waals surface area contributed by atoms with Crippen molar-refractivity contribution in [1.82, 2.24) is 43.7 Å². The molecule has 1 N–H and O–H groups in total. The van der Waals surface area contributed by atoms with Gasteiger partial charge in [-0.05, 0) is 52.0 Å². The van der Waals surface area contributed by atoms with E-state index in [9.17, 15) is 9.50 Å². The number of fused-ring (bicyclic) bond motifs is 3. The number of imidazole rings is 2. The molecule has 4 aliphatic rings. The lowest BCUT2D eigenvalue weighted by Gasteiger charge is -2.29. The highest BCUT2D eigenvalue weighted by atomic mass is 31.2. The Kier molecular flexibility index (Phi) is 13.4. The smallest absolute Gasteiger partial charge is 0.260 e. The topological polar surface area (TPSA) is 214 Å². The number of alkyl halides is 2. The summed E-state index contributed by atoms with van der Waals surface area (Å²) in [7, 11) is -1.48. The molecular formula is C42H50F2N11O7P. The van der Waals surface area contributed by atoms with Gasteiger partial charge >= 0.3 is 0 Å². The van der Waals surface area contributed by atoms with Crippen LogP contribution in [0.4, 0.5) is 8.78 Å². The molecule has 5 aromatic rings. The zero-order valence-corrected chi connectivity index (χ0v) is 36.5. The van der Waals surface area contributed by atoms with Gasteiger partial charge in [0.25, 0.3) is 8.53 Å². The minimum absolute atomic E-state index is 0.178. The maximum atomic E-state index is 16.3. The number of nitrogens with zero attached hydrogens (tertiary/aromatic N) is 11. The van der Waals surface area contributed by atoms with Crippen LogP contribution in [0.1, 0.15) is 89.0 Å². The number of hydrogen-bond donors (Lipinski definition) is 1. The molecule has 4 fully saturated rings. The fraction of sp³-hybridized carbons (Fsp3) is 0.571. The van der Waals surface area contributed by atoms with E-state index in [0.29, 0.717) is 46.8 Å². The van der Waals surface area contributed by atoms with Gasteiger partial charge in [0, 0.05) is 6.54 Å². The molecule has 0 aliphatic carbocycles. The average Bonchev–Trinajstić information content (AvgIpc) is 4.15. The summed E-state index contributed by atoms with van der Waals surface area (Å²) < 4.78 is 72.2. The van der Waals surface area contributed by atoms with E-state index in [1.54, 1.807) is 18.4 Å². The molecule has 8 heterocycles. The van der Waals surface area contributed by atoms with Crippen LogP contribution in [0, 0.1) is 36.5 Å². The normalized spacial score (nSPS) is 30.3. The first-order valence-corrected chi connectivity index (χ1v) is 22.3. The maximum absolute atomic E-state index is 16.3. The monoisotopic (exact) mass is 889 g/mol. The predicted molar refractivity (Wildman–Crippen MR) is 222 cm³/mol. The SMILES string of the molecule is CC[C@H]1O[C@@H](n2cnc3c(OCCC#N)nc(C)nc32)[C@@H](F)C1O.CC[C@H]1O[C@@H](n2cnc3c(OCCC#N)nc(C)nc32)[C@@H](F)C1O[P@@]1O[C@](C)(c2ccccc2)[C@@H]2CCCN21. The van der Waals surface area contributed by atoms with Crippen molar-refractivity contribution in [3.05, 3.63) is 60.2 Å². The number of halogens is 2. The van der Waals surface area contributed by atoms with Crippen LogP contribution in [-0.4, -0.2) is 111 Å². The Labute approximate surface area is 364 Å². The molecule has 63 heavy (non-hydrogen) atoms. The van der Waals surface area contributed by atoms with Gasteiger partial charge in [0.1, 0.15) is 42.7 Å². The third kappa shape index (κ3) is 8.53. The van der Waals surface area contributed by atoms with E-state index in [4.69, 9.17) is 38.5 Å². The number of hydrogen-bond acceptors (Lipinski definition) is 16. The van der Waals surface area contributed by atoms with E-state index in [0.717, 1.165) is 24.9 Å². The fourth-order valence-corrected chi connectivity index (χ4v) is 10.7. The van der Waals surface area contributed by atoms with Crippen molar-refractivity contribution >= 4 is 30.9 Å². The van der Waals surface area contributed by atoms with E-state index in [1.165, 1.54) is 17.2 Å². The second kappa shape index (κ2) is 19.0. The molecule has 4 aromatic heterocycles. The highest BCUT2D eigenvalue weighted by Gasteiger charge is 2.58. The molecule has 0 spiro atoms. The second-order valence-electron chi connectivity index (χ2n) is 15.8. The van der Waals surface area contributed by atoms with Crippen molar-refractivity contribution in [3.63, 3.8) is 0 Å². The first-order valence-electron chi connectivity index (χ1n) is 21.2. The molecule has 1 aromatic carbocycles. The summed E-state index contributed by atoms with van der Waals surface area (Å²) >= 11 is 0. The number of benzene rings is 1. The minimum Gasteiger partial charge on any atom is -0.475 e. The first kappa shape index (κ1) is 44.6. The van der Waals surface area contributed by atoms with Gasteiger partial charge in [-0.1, -0.05) is 44.2 Å². The van der Waals surface area contributed by atoms with Gasteiger partial charge in [-0.15, -0.1) is 0 Å². The molecule has 2 unspecified atom stereocenters. The lowest BCUT2D eigenvalue weighted by molar-refractivity contribution is -0.0238. The highest BCUT2D eigenvalue weighted by Crippen LogP contribution is 2.64. The molecular weight excluding hydrogens is 840 g/mol. The van der Waals surface area contributed by atoms with Crippen LogP contribution in [0.15, 0.2) is 43.0 Å². The van der Waals surface area contributed by atoms with Gasteiger partial charge in [0.2, 0.25) is 11.8 Å². The Morgan fingerprint density at radius 3 is 1.94 bits per heavy atom. The van der Waals surface area contributed by atoms with Crippen LogP contribution in [0.2, 0.25) is 0 Å². The van der Waals surface area contributed by atoms with Gasteiger partial charge in [-0.2, -0.15) is 20.5 Å². The van der Waals surface area contributed by atoms with E-state index in [2.05, 4.69) is 53.6 Å². The summed E-state index contributed by atoms with van der Waals surface area (Å²) in [6, 6.07) is 14.4.